The zero-order chi connectivity index (χ0) is 9.26. The van der Waals surface area contributed by atoms with Crippen molar-refractivity contribution >= 4 is 5.91 Å². The highest BCUT2D eigenvalue weighted by Crippen LogP contribution is 2.28. The molecule has 1 aliphatic heterocycles. The molecule has 1 aliphatic carbocycles. The first-order valence-electron chi connectivity index (χ1n) is 4.95. The van der Waals surface area contributed by atoms with Gasteiger partial charge in [0.15, 0.2) is 0 Å². The molecule has 2 fully saturated rings. The highest BCUT2D eigenvalue weighted by Gasteiger charge is 2.36. The fourth-order valence-corrected chi connectivity index (χ4v) is 1.64. The molecule has 2 rings (SSSR count). The van der Waals surface area contributed by atoms with E-state index in [1.165, 1.54) is 12.8 Å². The lowest BCUT2D eigenvalue weighted by atomic mass is 10.0. The molecule has 1 N–H and O–H groups in total. The topological polar surface area (TPSA) is 32.3 Å². The second-order valence-electron chi connectivity index (χ2n) is 3.87. The Balaban J connectivity index is 1.92. The number of nitrogens with one attached hydrogen (secondary N) is 1. The molecule has 1 saturated carbocycles. The van der Waals surface area contributed by atoms with Crippen molar-refractivity contribution < 1.29 is 4.79 Å². The van der Waals surface area contributed by atoms with E-state index in [0.717, 1.165) is 19.6 Å². The van der Waals surface area contributed by atoms with E-state index in [1.54, 1.807) is 0 Å². The molecular formula is C10H16N2O. The quantitative estimate of drug-likeness (QED) is 0.634. The lowest BCUT2D eigenvalue weighted by Crippen LogP contribution is -2.52. The van der Waals surface area contributed by atoms with Gasteiger partial charge in [-0.1, -0.05) is 6.08 Å². The summed E-state index contributed by atoms with van der Waals surface area (Å²) >= 11 is 0. The van der Waals surface area contributed by atoms with Crippen LogP contribution in [0.1, 0.15) is 12.8 Å². The Morgan fingerprint density at radius 1 is 1.54 bits per heavy atom. The van der Waals surface area contributed by atoms with Crippen LogP contribution >= 0.6 is 0 Å². The van der Waals surface area contributed by atoms with E-state index in [9.17, 15) is 4.79 Å². The van der Waals surface area contributed by atoms with Crippen LogP contribution in [0.2, 0.25) is 0 Å². The molecule has 0 aromatic rings. The average molecular weight is 180 g/mol. The van der Waals surface area contributed by atoms with Gasteiger partial charge < -0.3 is 10.2 Å². The van der Waals surface area contributed by atoms with Crippen LogP contribution in [-0.4, -0.2) is 36.5 Å². The number of nitrogens with zero attached hydrogens (tertiary/aromatic N) is 1. The number of hydrogen-bond acceptors (Lipinski definition) is 2. The van der Waals surface area contributed by atoms with Gasteiger partial charge in [-0.3, -0.25) is 4.79 Å². The summed E-state index contributed by atoms with van der Waals surface area (Å²) in [6.07, 6.45) is 4.18. The van der Waals surface area contributed by atoms with Crippen LogP contribution in [0.3, 0.4) is 0 Å². The number of hydrogen-bond donors (Lipinski definition) is 1. The smallest absolute Gasteiger partial charge is 0.228 e. The number of carbonyl (C=O) groups is 1. The molecule has 2 aliphatic rings. The summed E-state index contributed by atoms with van der Waals surface area (Å²) in [5.74, 6) is 0.557. The highest BCUT2D eigenvalue weighted by atomic mass is 16.2. The molecule has 0 aromatic carbocycles. The Bertz CT molecular complexity index is 219. The second kappa shape index (κ2) is 3.50. The third-order valence-corrected chi connectivity index (χ3v) is 2.73. The van der Waals surface area contributed by atoms with E-state index >= 15 is 0 Å². The summed E-state index contributed by atoms with van der Waals surface area (Å²) in [6, 6.07) is 0.520. The molecule has 0 atom stereocenters. The minimum atomic E-state index is 0.237. The van der Waals surface area contributed by atoms with Crippen LogP contribution < -0.4 is 5.32 Å². The summed E-state index contributed by atoms with van der Waals surface area (Å²) < 4.78 is 0. The van der Waals surface area contributed by atoms with Gasteiger partial charge in [-0.15, -0.1) is 6.58 Å². The predicted octanol–water partition coefficient (Wildman–Crippen LogP) is 0.383. The zero-order valence-corrected chi connectivity index (χ0v) is 7.83. The largest absolute Gasteiger partial charge is 0.336 e. The summed E-state index contributed by atoms with van der Waals surface area (Å²) in [7, 11) is 0. The third kappa shape index (κ3) is 1.75. The summed E-state index contributed by atoms with van der Waals surface area (Å²) in [6.45, 7) is 6.13. The van der Waals surface area contributed by atoms with E-state index in [1.807, 2.05) is 11.0 Å². The van der Waals surface area contributed by atoms with Crippen molar-refractivity contribution in [2.45, 2.75) is 18.9 Å². The predicted molar refractivity (Wildman–Crippen MR) is 51.3 cm³/mol. The van der Waals surface area contributed by atoms with Gasteiger partial charge in [0, 0.05) is 25.7 Å². The van der Waals surface area contributed by atoms with Crippen LogP contribution in [0.25, 0.3) is 0 Å². The molecule has 3 nitrogen and oxygen atoms in total. The van der Waals surface area contributed by atoms with Crippen molar-refractivity contribution in [2.75, 3.05) is 19.6 Å². The lowest BCUT2D eigenvalue weighted by molar-refractivity contribution is -0.137. The first-order valence-corrected chi connectivity index (χ1v) is 4.95. The van der Waals surface area contributed by atoms with Crippen molar-refractivity contribution in [1.82, 2.24) is 10.2 Å². The fourth-order valence-electron chi connectivity index (χ4n) is 1.64. The van der Waals surface area contributed by atoms with E-state index in [4.69, 9.17) is 0 Å². The van der Waals surface area contributed by atoms with Crippen molar-refractivity contribution in [3.63, 3.8) is 0 Å². The van der Waals surface area contributed by atoms with Gasteiger partial charge in [0.05, 0.1) is 5.92 Å². The number of rotatable bonds is 4. The van der Waals surface area contributed by atoms with Gasteiger partial charge in [-0.25, -0.2) is 0 Å². The van der Waals surface area contributed by atoms with E-state index in [-0.39, 0.29) is 5.92 Å². The van der Waals surface area contributed by atoms with Crippen LogP contribution in [0.15, 0.2) is 12.7 Å². The van der Waals surface area contributed by atoms with Crippen LogP contribution in [0.4, 0.5) is 0 Å². The second-order valence-corrected chi connectivity index (χ2v) is 3.87. The molecule has 72 valence electrons. The first-order chi connectivity index (χ1) is 6.33. The van der Waals surface area contributed by atoms with Gasteiger partial charge in [0.25, 0.3) is 0 Å². The molecule has 0 radical (unpaired) electrons. The lowest BCUT2D eigenvalue weighted by Gasteiger charge is -2.32. The maximum Gasteiger partial charge on any atom is 0.228 e. The van der Waals surface area contributed by atoms with Gasteiger partial charge in [0.2, 0.25) is 5.91 Å². The minimum absolute atomic E-state index is 0.237. The number of carbonyl (C=O) groups excluding carboxylic acids is 1. The number of amides is 1. The Kier molecular flexibility index (Phi) is 2.36. The molecule has 0 bridgehead atoms. The molecule has 1 saturated heterocycles. The van der Waals surface area contributed by atoms with Crippen LogP contribution in [0.5, 0.6) is 0 Å². The molecular weight excluding hydrogens is 164 g/mol. The Hall–Kier alpha value is -0.830. The van der Waals surface area contributed by atoms with Crippen LogP contribution in [0, 0.1) is 5.92 Å². The maximum absolute atomic E-state index is 11.8. The molecule has 1 heterocycles. The Morgan fingerprint density at radius 2 is 2.23 bits per heavy atom. The van der Waals surface area contributed by atoms with E-state index in [0.29, 0.717) is 11.9 Å². The standard InChI is InChI=1S/C10H16N2O/c1-2-5-12(9-3-4-9)10(13)8-6-11-7-8/h2,8-9,11H,1,3-7H2. The van der Waals surface area contributed by atoms with Crippen molar-refractivity contribution in [3.05, 3.63) is 12.7 Å². The van der Waals surface area contributed by atoms with Gasteiger partial charge in [0.1, 0.15) is 0 Å². The average Bonchev–Trinajstić information content (AvgIpc) is 2.79. The Labute approximate surface area is 78.8 Å². The first kappa shape index (κ1) is 8.75. The highest BCUT2D eigenvalue weighted by molar-refractivity contribution is 5.81. The molecule has 0 aromatic heterocycles. The van der Waals surface area contributed by atoms with Gasteiger partial charge in [-0.2, -0.15) is 0 Å². The summed E-state index contributed by atoms with van der Waals surface area (Å²) in [4.78, 5) is 13.8. The monoisotopic (exact) mass is 180 g/mol. The maximum atomic E-state index is 11.8. The third-order valence-electron chi connectivity index (χ3n) is 2.73. The minimum Gasteiger partial charge on any atom is -0.336 e. The SMILES string of the molecule is C=CCN(C(=O)C1CNC1)C1CC1. The van der Waals surface area contributed by atoms with Crippen molar-refractivity contribution in [2.24, 2.45) is 5.92 Å². The molecule has 3 heteroatoms. The van der Waals surface area contributed by atoms with E-state index < -0.39 is 0 Å². The molecule has 1 amide bonds. The summed E-state index contributed by atoms with van der Waals surface area (Å²) in [5.41, 5.74) is 0. The Morgan fingerprint density at radius 3 is 2.62 bits per heavy atom. The van der Waals surface area contributed by atoms with Crippen molar-refractivity contribution in [3.8, 4) is 0 Å². The van der Waals surface area contributed by atoms with Crippen molar-refractivity contribution in [1.29, 1.82) is 0 Å². The molecule has 0 spiro atoms. The zero-order valence-electron chi connectivity index (χ0n) is 7.83. The fraction of sp³-hybridized carbons (Fsp3) is 0.700. The molecule has 0 unspecified atom stereocenters. The summed E-state index contributed by atoms with van der Waals surface area (Å²) in [5, 5.41) is 3.13. The normalized spacial score (nSPS) is 22.2. The van der Waals surface area contributed by atoms with E-state index in [2.05, 4.69) is 11.9 Å². The van der Waals surface area contributed by atoms with Crippen LogP contribution in [-0.2, 0) is 4.79 Å². The van der Waals surface area contributed by atoms with Gasteiger partial charge >= 0.3 is 0 Å². The van der Waals surface area contributed by atoms with Gasteiger partial charge in [-0.05, 0) is 12.8 Å². The molecule has 13 heavy (non-hydrogen) atoms.